The number of likely N-dealkylation sites (tertiary alicyclic amines) is 1. The Hall–Kier alpha value is -1.85. The van der Waals surface area contributed by atoms with Gasteiger partial charge in [-0.05, 0) is 66.5 Å². The van der Waals surface area contributed by atoms with Crippen LogP contribution in [0, 0.1) is 0 Å². The van der Waals surface area contributed by atoms with Crippen LogP contribution in [-0.4, -0.2) is 37.1 Å². The number of nitrogens with zero attached hydrogens (tertiary/aromatic N) is 1. The number of hydrogen-bond donors (Lipinski definition) is 0. The van der Waals surface area contributed by atoms with Gasteiger partial charge in [0.1, 0.15) is 5.75 Å². The minimum Gasteiger partial charge on any atom is -0.493 e. The molecule has 4 nitrogen and oxygen atoms in total. The van der Waals surface area contributed by atoms with E-state index < -0.39 is 0 Å². The number of carbonyl (C=O) groups excluding carboxylic acids is 1. The molecule has 2 aromatic rings. The number of rotatable bonds is 1. The molecule has 26 heavy (non-hydrogen) atoms. The monoisotopic (exact) mass is 369 g/mol. The molecule has 4 heterocycles. The van der Waals surface area contributed by atoms with Gasteiger partial charge in [-0.2, -0.15) is 0 Å². The van der Waals surface area contributed by atoms with Crippen molar-refractivity contribution in [2.75, 3.05) is 26.3 Å². The molecule has 1 saturated heterocycles. The molecule has 0 aliphatic carbocycles. The summed E-state index contributed by atoms with van der Waals surface area (Å²) in [6, 6.07) is 8.11. The van der Waals surface area contributed by atoms with Crippen molar-refractivity contribution in [3.63, 3.8) is 0 Å². The predicted octanol–water partition coefficient (Wildman–Crippen LogP) is 3.78. The van der Waals surface area contributed by atoms with Crippen LogP contribution in [-0.2, 0) is 23.2 Å². The Labute approximate surface area is 157 Å². The van der Waals surface area contributed by atoms with E-state index in [2.05, 4.69) is 11.4 Å². The summed E-state index contributed by atoms with van der Waals surface area (Å²) in [5.41, 5.74) is 3.14. The fourth-order valence-electron chi connectivity index (χ4n) is 4.52. The summed E-state index contributed by atoms with van der Waals surface area (Å²) in [6.07, 6.45) is 4.81. The summed E-state index contributed by atoms with van der Waals surface area (Å²) in [7, 11) is 0. The molecule has 1 aromatic carbocycles. The highest BCUT2D eigenvalue weighted by Gasteiger charge is 2.42. The van der Waals surface area contributed by atoms with E-state index in [1.54, 1.807) is 0 Å². The molecule has 1 fully saturated rings. The fraction of sp³-hybridized carbons (Fsp3) is 0.476. The molecule has 5 heteroatoms. The average molecular weight is 369 g/mol. The normalized spacial score (nSPS) is 21.0. The van der Waals surface area contributed by atoms with Crippen molar-refractivity contribution in [2.24, 2.45) is 0 Å². The van der Waals surface area contributed by atoms with Gasteiger partial charge in [-0.1, -0.05) is 0 Å². The van der Waals surface area contributed by atoms with E-state index in [-0.39, 0.29) is 11.5 Å². The number of hydrogen-bond acceptors (Lipinski definition) is 4. The second-order valence-corrected chi connectivity index (χ2v) is 8.42. The smallest absolute Gasteiger partial charge is 0.253 e. The fourth-order valence-corrected chi connectivity index (χ4v) is 5.47. The highest BCUT2D eigenvalue weighted by molar-refractivity contribution is 7.10. The van der Waals surface area contributed by atoms with Gasteiger partial charge in [0.15, 0.2) is 0 Å². The Bertz CT molecular complexity index is 836. The number of carbonyl (C=O) groups is 1. The summed E-state index contributed by atoms with van der Waals surface area (Å²) in [4.78, 5) is 16.4. The van der Waals surface area contributed by atoms with Crippen molar-refractivity contribution in [3.05, 3.63) is 51.2 Å². The predicted molar refractivity (Wildman–Crippen MR) is 101 cm³/mol. The van der Waals surface area contributed by atoms with Crippen molar-refractivity contribution in [2.45, 2.75) is 37.7 Å². The number of benzene rings is 1. The van der Waals surface area contributed by atoms with E-state index in [1.165, 1.54) is 10.4 Å². The number of piperidine rings is 1. The van der Waals surface area contributed by atoms with E-state index in [1.807, 2.05) is 34.4 Å². The molecule has 0 unspecified atom stereocenters. The molecule has 1 amide bonds. The Kier molecular flexibility index (Phi) is 4.02. The van der Waals surface area contributed by atoms with Crippen molar-refractivity contribution in [3.8, 4) is 5.75 Å². The Balaban J connectivity index is 1.32. The Morgan fingerprint density at radius 3 is 2.88 bits per heavy atom. The second kappa shape index (κ2) is 6.39. The summed E-state index contributed by atoms with van der Waals surface area (Å²) in [5, 5.41) is 2.17. The molecule has 136 valence electrons. The van der Waals surface area contributed by atoms with Crippen LogP contribution in [0.15, 0.2) is 29.6 Å². The zero-order valence-electron chi connectivity index (χ0n) is 14.8. The molecule has 5 rings (SSSR count). The van der Waals surface area contributed by atoms with Crippen LogP contribution >= 0.6 is 11.3 Å². The van der Waals surface area contributed by atoms with Gasteiger partial charge in [-0.25, -0.2) is 0 Å². The first-order chi connectivity index (χ1) is 12.8. The SMILES string of the molecule is O=C(c1ccc2c(c1)CCCO2)N1CCC2(CC1)OCCc1sccc12. The van der Waals surface area contributed by atoms with E-state index in [4.69, 9.17) is 9.47 Å². The standard InChI is InChI=1S/C21H23NO3S/c23-20(16-3-4-18-15(14-16)2-1-11-24-18)22-9-7-21(8-10-22)17-6-13-26-19(17)5-12-25-21/h3-4,6,13-14H,1-2,5,7-12H2. The van der Waals surface area contributed by atoms with Gasteiger partial charge < -0.3 is 14.4 Å². The Morgan fingerprint density at radius 2 is 2.00 bits per heavy atom. The third-order valence-corrected chi connectivity index (χ3v) is 6.94. The van der Waals surface area contributed by atoms with Gasteiger partial charge in [-0.3, -0.25) is 4.79 Å². The molecule has 1 spiro atoms. The maximum Gasteiger partial charge on any atom is 0.253 e. The first kappa shape index (κ1) is 16.3. The third kappa shape index (κ3) is 2.65. The van der Waals surface area contributed by atoms with Gasteiger partial charge >= 0.3 is 0 Å². The van der Waals surface area contributed by atoms with Crippen molar-refractivity contribution in [1.29, 1.82) is 0 Å². The van der Waals surface area contributed by atoms with Crippen LogP contribution in [0.25, 0.3) is 0 Å². The molecule has 3 aliphatic heterocycles. The first-order valence-corrected chi connectivity index (χ1v) is 10.4. The maximum absolute atomic E-state index is 13.0. The number of fused-ring (bicyclic) bond motifs is 3. The zero-order valence-corrected chi connectivity index (χ0v) is 15.6. The molecular weight excluding hydrogens is 346 g/mol. The van der Waals surface area contributed by atoms with Crippen LogP contribution in [0.3, 0.4) is 0 Å². The lowest BCUT2D eigenvalue weighted by molar-refractivity contribution is -0.0926. The van der Waals surface area contributed by atoms with Gasteiger partial charge in [0, 0.05) is 30.0 Å². The van der Waals surface area contributed by atoms with Crippen molar-refractivity contribution in [1.82, 2.24) is 4.90 Å². The van der Waals surface area contributed by atoms with Gasteiger partial charge in [0.2, 0.25) is 0 Å². The lowest BCUT2D eigenvalue weighted by atomic mass is 9.82. The van der Waals surface area contributed by atoms with Crippen molar-refractivity contribution < 1.29 is 14.3 Å². The molecule has 0 saturated carbocycles. The van der Waals surface area contributed by atoms with E-state index in [0.717, 1.165) is 75.3 Å². The molecule has 0 radical (unpaired) electrons. The summed E-state index contributed by atoms with van der Waals surface area (Å²) in [5.74, 6) is 1.07. The zero-order chi connectivity index (χ0) is 17.6. The molecule has 1 aromatic heterocycles. The van der Waals surface area contributed by atoms with Gasteiger partial charge in [0.25, 0.3) is 5.91 Å². The van der Waals surface area contributed by atoms with E-state index in [0.29, 0.717) is 0 Å². The van der Waals surface area contributed by atoms with Crippen LogP contribution in [0.4, 0.5) is 0 Å². The van der Waals surface area contributed by atoms with E-state index >= 15 is 0 Å². The number of amides is 1. The Morgan fingerprint density at radius 1 is 1.12 bits per heavy atom. The minimum atomic E-state index is -0.173. The quantitative estimate of drug-likeness (QED) is 0.768. The molecule has 0 N–H and O–H groups in total. The topological polar surface area (TPSA) is 38.8 Å². The number of ether oxygens (including phenoxy) is 2. The largest absolute Gasteiger partial charge is 0.493 e. The van der Waals surface area contributed by atoms with E-state index in [9.17, 15) is 4.79 Å². The van der Waals surface area contributed by atoms with Crippen LogP contribution in [0.1, 0.15) is 45.6 Å². The van der Waals surface area contributed by atoms with Crippen LogP contribution in [0.5, 0.6) is 5.75 Å². The third-order valence-electron chi connectivity index (χ3n) is 5.96. The first-order valence-electron chi connectivity index (χ1n) is 9.51. The average Bonchev–Trinajstić information content (AvgIpc) is 3.18. The second-order valence-electron chi connectivity index (χ2n) is 7.42. The number of aryl methyl sites for hydroxylation is 1. The summed E-state index contributed by atoms with van der Waals surface area (Å²) < 4.78 is 11.9. The summed E-state index contributed by atoms with van der Waals surface area (Å²) in [6.45, 7) is 3.08. The number of thiophene rings is 1. The van der Waals surface area contributed by atoms with Crippen molar-refractivity contribution >= 4 is 17.2 Å². The minimum absolute atomic E-state index is 0.134. The van der Waals surface area contributed by atoms with Crippen LogP contribution in [0.2, 0.25) is 0 Å². The highest BCUT2D eigenvalue weighted by Crippen LogP contribution is 2.43. The highest BCUT2D eigenvalue weighted by atomic mass is 32.1. The molecule has 3 aliphatic rings. The molecule has 0 atom stereocenters. The maximum atomic E-state index is 13.0. The molecule has 0 bridgehead atoms. The lowest BCUT2D eigenvalue weighted by Crippen LogP contribution is -2.48. The van der Waals surface area contributed by atoms with Crippen LogP contribution < -0.4 is 4.74 Å². The van der Waals surface area contributed by atoms with Gasteiger partial charge in [-0.15, -0.1) is 11.3 Å². The summed E-state index contributed by atoms with van der Waals surface area (Å²) >= 11 is 1.84. The molecular formula is C21H23NO3S. The lowest BCUT2D eigenvalue weighted by Gasteiger charge is -2.44. The van der Waals surface area contributed by atoms with Gasteiger partial charge in [0.05, 0.1) is 18.8 Å².